The summed E-state index contributed by atoms with van der Waals surface area (Å²) in [5.74, 6) is -0.205. The van der Waals surface area contributed by atoms with Gasteiger partial charge in [0.2, 0.25) is 0 Å². The Morgan fingerprint density at radius 1 is 1.34 bits per heavy atom. The van der Waals surface area contributed by atoms with Crippen molar-refractivity contribution in [2.75, 3.05) is 6.61 Å². The van der Waals surface area contributed by atoms with E-state index in [2.05, 4.69) is 9.97 Å². The lowest BCUT2D eigenvalue weighted by molar-refractivity contribution is -0.139. The fraction of sp³-hybridized carbons (Fsp3) is 0.409. The first-order valence-electron chi connectivity index (χ1n) is 9.82. The predicted molar refractivity (Wildman–Crippen MR) is 118 cm³/mol. The largest absolute Gasteiger partial charge is 0.494 e. The summed E-state index contributed by atoms with van der Waals surface area (Å²) in [5.41, 5.74) is 0.126. The molecule has 1 N–H and O–H groups in total. The van der Waals surface area contributed by atoms with Crippen molar-refractivity contribution in [1.29, 1.82) is 0 Å². The van der Waals surface area contributed by atoms with Gasteiger partial charge in [0.05, 0.1) is 23.6 Å². The summed E-state index contributed by atoms with van der Waals surface area (Å²) in [6, 6.07) is 2.46. The topological polar surface area (TPSA) is 72.3 Å². The molecule has 0 aromatic carbocycles. The van der Waals surface area contributed by atoms with Crippen molar-refractivity contribution in [1.82, 2.24) is 9.97 Å². The van der Waals surface area contributed by atoms with Crippen LogP contribution in [-0.4, -0.2) is 32.4 Å². The van der Waals surface area contributed by atoms with Crippen molar-refractivity contribution >= 4 is 29.1 Å². The maximum absolute atomic E-state index is 12.7. The van der Waals surface area contributed by atoms with Gasteiger partial charge in [-0.3, -0.25) is 9.78 Å². The van der Waals surface area contributed by atoms with Crippen molar-refractivity contribution < 1.29 is 27.8 Å². The van der Waals surface area contributed by atoms with Gasteiger partial charge in [0, 0.05) is 23.4 Å². The number of carbonyl (C=O) groups is 1. The molecule has 172 valence electrons. The van der Waals surface area contributed by atoms with E-state index < -0.39 is 27.9 Å². The number of allylic oxidation sites excluding steroid dienone is 3. The van der Waals surface area contributed by atoms with Crippen molar-refractivity contribution in [3.8, 4) is 0 Å². The molecule has 0 fully saturated rings. The van der Waals surface area contributed by atoms with Gasteiger partial charge in [-0.15, -0.1) is 11.3 Å². The molecule has 10 heteroatoms. The second kappa shape index (κ2) is 9.27. The second-order valence-electron chi connectivity index (χ2n) is 8.11. The van der Waals surface area contributed by atoms with Gasteiger partial charge in [-0.25, -0.2) is 4.98 Å². The molecule has 0 radical (unpaired) electrons. The number of thiazole rings is 1. The zero-order valence-electron chi connectivity index (χ0n) is 17.8. The minimum absolute atomic E-state index is 0.404. The van der Waals surface area contributed by atoms with Crippen LogP contribution in [0.3, 0.4) is 0 Å². The Morgan fingerprint density at radius 3 is 2.66 bits per heavy atom. The number of pyridine rings is 1. The third-order valence-corrected chi connectivity index (χ3v) is 7.21. The molecule has 0 saturated carbocycles. The maximum Gasteiger partial charge on any atom is 0.417 e. The van der Waals surface area contributed by atoms with Gasteiger partial charge in [0.1, 0.15) is 10.5 Å². The molecule has 1 unspecified atom stereocenters. The van der Waals surface area contributed by atoms with Gasteiger partial charge in [-0.2, -0.15) is 13.2 Å². The highest BCUT2D eigenvalue weighted by molar-refractivity contribution is 8.02. The lowest BCUT2D eigenvalue weighted by Crippen LogP contribution is -2.26. The number of thioether (sulfide) groups is 1. The Kier molecular flexibility index (Phi) is 7.04. The molecule has 1 atom stereocenters. The Morgan fingerprint density at radius 2 is 2.09 bits per heavy atom. The Labute approximate surface area is 192 Å². The quantitative estimate of drug-likeness (QED) is 0.472. The Hall–Kier alpha value is -2.33. The summed E-state index contributed by atoms with van der Waals surface area (Å²) >= 11 is 2.62. The minimum Gasteiger partial charge on any atom is -0.494 e. The van der Waals surface area contributed by atoms with E-state index >= 15 is 0 Å². The number of rotatable bonds is 8. The number of alkyl halides is 3. The first kappa shape index (κ1) is 24.3. The molecule has 0 saturated heterocycles. The lowest BCUT2D eigenvalue weighted by Gasteiger charge is -2.27. The molecule has 5 nitrogen and oxygen atoms in total. The number of aliphatic carboxylic acids is 1. The van der Waals surface area contributed by atoms with Gasteiger partial charge in [0.25, 0.3) is 0 Å². The Bertz CT molecular complexity index is 1030. The molecule has 1 aliphatic rings. The summed E-state index contributed by atoms with van der Waals surface area (Å²) < 4.78 is 43.8. The molecule has 3 rings (SSSR count). The number of hydrogen-bond donors (Lipinski definition) is 1. The van der Waals surface area contributed by atoms with E-state index in [0.717, 1.165) is 18.0 Å². The molecule has 0 aliphatic heterocycles. The standard InChI is InChI=1S/C22H23F3N2O3S2/c1-20(2,18(28)29)32-19-27-15(13-31-19)8-11-30-16-6-9-21(3,10-7-16)17-5-4-14(12-26-17)22(23,24)25/h4-7,9,12-13H,8,10-11H2,1-3H3,(H,28,29). The molecule has 0 bridgehead atoms. The molecular weight excluding hydrogens is 461 g/mol. The smallest absolute Gasteiger partial charge is 0.417 e. The van der Waals surface area contributed by atoms with Gasteiger partial charge in [0.15, 0.2) is 4.34 Å². The first-order chi connectivity index (χ1) is 14.9. The van der Waals surface area contributed by atoms with E-state index in [1.54, 1.807) is 19.9 Å². The number of carboxylic acids is 1. The number of halogens is 3. The van der Waals surface area contributed by atoms with Crippen LogP contribution in [0, 0.1) is 0 Å². The van der Waals surface area contributed by atoms with E-state index in [-0.39, 0.29) is 0 Å². The zero-order valence-corrected chi connectivity index (χ0v) is 19.4. The number of aromatic nitrogens is 2. The fourth-order valence-corrected chi connectivity index (χ4v) is 5.12. The molecule has 0 amide bonds. The van der Waals surface area contributed by atoms with Crippen molar-refractivity contribution in [2.24, 2.45) is 0 Å². The average molecular weight is 485 g/mol. The highest BCUT2D eigenvalue weighted by Crippen LogP contribution is 2.36. The normalized spacial score (nSPS) is 19.0. The molecule has 1 aliphatic carbocycles. The second-order valence-corrected chi connectivity index (χ2v) is 10.8. The van der Waals surface area contributed by atoms with Crippen LogP contribution < -0.4 is 0 Å². The van der Waals surface area contributed by atoms with Crippen molar-refractivity contribution in [3.05, 3.63) is 64.6 Å². The number of hydrogen-bond acceptors (Lipinski definition) is 6. The third kappa shape index (κ3) is 5.92. The van der Waals surface area contributed by atoms with Crippen LogP contribution in [0.1, 0.15) is 44.1 Å². The number of ether oxygens (including phenoxy) is 1. The Balaban J connectivity index is 1.51. The molecule has 32 heavy (non-hydrogen) atoms. The molecular formula is C22H23F3N2O3S2. The fourth-order valence-electron chi connectivity index (χ4n) is 2.90. The molecule has 2 aromatic heterocycles. The van der Waals surface area contributed by atoms with Crippen LogP contribution in [0.4, 0.5) is 13.2 Å². The lowest BCUT2D eigenvalue weighted by atomic mass is 9.80. The van der Waals surface area contributed by atoms with E-state index in [1.165, 1.54) is 29.2 Å². The van der Waals surface area contributed by atoms with Crippen molar-refractivity contribution in [3.63, 3.8) is 0 Å². The van der Waals surface area contributed by atoms with Crippen molar-refractivity contribution in [2.45, 2.75) is 54.3 Å². The summed E-state index contributed by atoms with van der Waals surface area (Å²) in [5, 5.41) is 11.1. The number of carboxylic acid groups (broad SMARTS) is 1. The van der Waals surface area contributed by atoms with Crippen LogP contribution in [0.2, 0.25) is 0 Å². The van der Waals surface area contributed by atoms with E-state index in [0.29, 0.717) is 35.2 Å². The van der Waals surface area contributed by atoms with E-state index in [4.69, 9.17) is 4.74 Å². The van der Waals surface area contributed by atoms with Crippen LogP contribution in [0.15, 0.2) is 52.0 Å². The monoisotopic (exact) mass is 484 g/mol. The van der Waals surface area contributed by atoms with Crippen LogP contribution in [0.5, 0.6) is 0 Å². The predicted octanol–water partition coefficient (Wildman–Crippen LogP) is 5.87. The summed E-state index contributed by atoms with van der Waals surface area (Å²) in [6.07, 6.45) is 3.19. The van der Waals surface area contributed by atoms with E-state index in [9.17, 15) is 23.1 Å². The molecule has 0 spiro atoms. The van der Waals surface area contributed by atoms with Gasteiger partial charge < -0.3 is 9.84 Å². The summed E-state index contributed by atoms with van der Waals surface area (Å²) in [4.78, 5) is 19.7. The average Bonchev–Trinajstić information content (AvgIpc) is 3.15. The SMILES string of the molecule is CC(C)(Sc1nc(CCOC2=CCC(C)(c3ccc(C(F)(F)F)cn3)C=C2)cs1)C(=O)O. The van der Waals surface area contributed by atoms with Crippen LogP contribution in [0.25, 0.3) is 0 Å². The minimum atomic E-state index is -4.40. The summed E-state index contributed by atoms with van der Waals surface area (Å²) in [6.45, 7) is 5.60. The zero-order chi connectivity index (χ0) is 23.6. The van der Waals surface area contributed by atoms with E-state index in [1.807, 2.05) is 24.5 Å². The maximum atomic E-state index is 12.7. The third-order valence-electron chi connectivity index (χ3n) is 5.03. The van der Waals surface area contributed by atoms with Crippen LogP contribution in [-0.2, 0) is 27.5 Å². The molecule has 2 heterocycles. The highest BCUT2D eigenvalue weighted by atomic mass is 32.2. The number of nitrogens with zero attached hydrogens (tertiary/aromatic N) is 2. The first-order valence-corrected chi connectivity index (χ1v) is 11.5. The molecule has 2 aromatic rings. The van der Waals surface area contributed by atoms with Crippen LogP contribution >= 0.6 is 23.1 Å². The van der Waals surface area contributed by atoms with Gasteiger partial charge >= 0.3 is 12.1 Å². The van der Waals surface area contributed by atoms with Gasteiger partial charge in [-0.05, 0) is 44.6 Å². The summed E-state index contributed by atoms with van der Waals surface area (Å²) in [7, 11) is 0. The highest BCUT2D eigenvalue weighted by Gasteiger charge is 2.33. The van der Waals surface area contributed by atoms with Gasteiger partial charge in [-0.1, -0.05) is 24.8 Å².